The van der Waals surface area contributed by atoms with Crippen LogP contribution in [0.1, 0.15) is 44.6 Å². The summed E-state index contributed by atoms with van der Waals surface area (Å²) >= 11 is 1.82. The monoisotopic (exact) mass is 431 g/mol. The SMILES string of the molecule is C[C@@H](CSCc1ccccc1)C(=O)N1CCC(C(=O)NCCCN2CCCC2)CC1. The summed E-state index contributed by atoms with van der Waals surface area (Å²) in [4.78, 5) is 29.7. The first-order valence-corrected chi connectivity index (χ1v) is 12.7. The summed E-state index contributed by atoms with van der Waals surface area (Å²) in [5, 5.41) is 3.11. The number of piperidine rings is 1. The third-order valence-corrected chi connectivity index (χ3v) is 7.50. The van der Waals surface area contributed by atoms with Gasteiger partial charge in [0.2, 0.25) is 11.8 Å². The number of rotatable bonds is 10. The number of nitrogens with one attached hydrogen (secondary N) is 1. The molecule has 0 aromatic heterocycles. The van der Waals surface area contributed by atoms with E-state index in [2.05, 4.69) is 34.5 Å². The highest BCUT2D eigenvalue weighted by molar-refractivity contribution is 7.98. The Morgan fingerprint density at radius 1 is 1.10 bits per heavy atom. The van der Waals surface area contributed by atoms with Gasteiger partial charge in [-0.15, -0.1) is 0 Å². The van der Waals surface area contributed by atoms with Gasteiger partial charge in [-0.2, -0.15) is 11.8 Å². The zero-order valence-electron chi connectivity index (χ0n) is 18.4. The predicted molar refractivity (Wildman–Crippen MR) is 124 cm³/mol. The second-order valence-electron chi connectivity index (χ2n) is 8.69. The number of hydrogen-bond donors (Lipinski definition) is 1. The molecule has 2 saturated heterocycles. The second kappa shape index (κ2) is 12.4. The number of amides is 2. The van der Waals surface area contributed by atoms with Gasteiger partial charge in [-0.05, 0) is 57.3 Å². The van der Waals surface area contributed by atoms with Crippen LogP contribution in [-0.4, -0.2) is 66.6 Å². The Morgan fingerprint density at radius 3 is 2.50 bits per heavy atom. The van der Waals surface area contributed by atoms with Gasteiger partial charge in [-0.3, -0.25) is 9.59 Å². The van der Waals surface area contributed by atoms with E-state index in [0.29, 0.717) is 13.1 Å². The van der Waals surface area contributed by atoms with Crippen LogP contribution in [0, 0.1) is 11.8 Å². The van der Waals surface area contributed by atoms with Crippen LogP contribution in [0.2, 0.25) is 0 Å². The zero-order chi connectivity index (χ0) is 21.2. The summed E-state index contributed by atoms with van der Waals surface area (Å²) in [7, 11) is 0. The van der Waals surface area contributed by atoms with Gasteiger partial charge in [0, 0.05) is 43.0 Å². The molecule has 0 radical (unpaired) electrons. The third-order valence-electron chi connectivity index (χ3n) is 6.23. The number of carbonyl (C=O) groups is 2. The van der Waals surface area contributed by atoms with E-state index in [1.165, 1.54) is 31.5 Å². The molecule has 30 heavy (non-hydrogen) atoms. The summed E-state index contributed by atoms with van der Waals surface area (Å²) in [5.74, 6) is 2.28. The quantitative estimate of drug-likeness (QED) is 0.577. The van der Waals surface area contributed by atoms with Crippen LogP contribution in [0.15, 0.2) is 30.3 Å². The predicted octanol–water partition coefficient (Wildman–Crippen LogP) is 3.40. The molecule has 0 aliphatic carbocycles. The number of hydrogen-bond acceptors (Lipinski definition) is 4. The molecule has 2 aliphatic rings. The molecule has 6 heteroatoms. The van der Waals surface area contributed by atoms with Crippen molar-refractivity contribution in [1.82, 2.24) is 15.1 Å². The molecule has 0 spiro atoms. The van der Waals surface area contributed by atoms with Crippen LogP contribution in [0.25, 0.3) is 0 Å². The summed E-state index contributed by atoms with van der Waals surface area (Å²) in [5.41, 5.74) is 1.30. The van der Waals surface area contributed by atoms with Gasteiger partial charge < -0.3 is 15.1 Å². The Morgan fingerprint density at radius 2 is 1.80 bits per heavy atom. The fourth-order valence-electron chi connectivity index (χ4n) is 4.34. The molecule has 2 heterocycles. The lowest BCUT2D eigenvalue weighted by Crippen LogP contribution is -2.45. The average molecular weight is 432 g/mol. The smallest absolute Gasteiger partial charge is 0.226 e. The molecule has 2 fully saturated rings. The van der Waals surface area contributed by atoms with E-state index in [0.717, 1.165) is 43.9 Å². The summed E-state index contributed by atoms with van der Waals surface area (Å²) in [6.07, 6.45) is 5.23. The highest BCUT2D eigenvalue weighted by Gasteiger charge is 2.29. The molecule has 5 nitrogen and oxygen atoms in total. The van der Waals surface area contributed by atoms with Gasteiger partial charge in [0.05, 0.1) is 0 Å². The van der Waals surface area contributed by atoms with E-state index in [4.69, 9.17) is 0 Å². The fraction of sp³-hybridized carbons (Fsp3) is 0.667. The van der Waals surface area contributed by atoms with Crippen LogP contribution in [0.4, 0.5) is 0 Å². The van der Waals surface area contributed by atoms with E-state index < -0.39 is 0 Å². The van der Waals surface area contributed by atoms with Crippen molar-refractivity contribution in [2.75, 3.05) is 45.0 Å². The lowest BCUT2D eigenvalue weighted by molar-refractivity contribution is -0.138. The van der Waals surface area contributed by atoms with Crippen LogP contribution >= 0.6 is 11.8 Å². The molecule has 1 atom stereocenters. The molecule has 2 amide bonds. The second-order valence-corrected chi connectivity index (χ2v) is 9.72. The summed E-state index contributed by atoms with van der Waals surface area (Å²) < 4.78 is 0. The van der Waals surface area contributed by atoms with E-state index in [9.17, 15) is 9.59 Å². The van der Waals surface area contributed by atoms with Gasteiger partial charge >= 0.3 is 0 Å². The van der Waals surface area contributed by atoms with E-state index in [-0.39, 0.29) is 23.7 Å². The van der Waals surface area contributed by atoms with Crippen LogP contribution in [0.3, 0.4) is 0 Å². The molecule has 166 valence electrons. The zero-order valence-corrected chi connectivity index (χ0v) is 19.2. The first kappa shape index (κ1) is 23.1. The van der Waals surface area contributed by atoms with E-state index >= 15 is 0 Å². The molecule has 0 bridgehead atoms. The molecule has 1 N–H and O–H groups in total. The number of nitrogens with zero attached hydrogens (tertiary/aromatic N) is 2. The Bertz CT molecular complexity index is 656. The Balaban J connectivity index is 1.28. The Hall–Kier alpha value is -1.53. The number of likely N-dealkylation sites (tertiary alicyclic amines) is 2. The highest BCUT2D eigenvalue weighted by Crippen LogP contribution is 2.21. The van der Waals surface area contributed by atoms with Gasteiger partial charge in [-0.25, -0.2) is 0 Å². The van der Waals surface area contributed by atoms with Crippen LogP contribution in [0.5, 0.6) is 0 Å². The Kier molecular flexibility index (Phi) is 9.53. The van der Waals surface area contributed by atoms with Gasteiger partial charge in [0.15, 0.2) is 0 Å². The molecule has 1 aromatic rings. The van der Waals surface area contributed by atoms with Crippen molar-refractivity contribution >= 4 is 23.6 Å². The molecule has 3 rings (SSSR count). The average Bonchev–Trinajstić information content (AvgIpc) is 3.30. The fourth-order valence-corrected chi connectivity index (χ4v) is 5.38. The van der Waals surface area contributed by atoms with Crippen LogP contribution < -0.4 is 5.32 Å². The van der Waals surface area contributed by atoms with E-state index in [1.807, 2.05) is 29.7 Å². The first-order valence-electron chi connectivity index (χ1n) is 11.5. The lowest BCUT2D eigenvalue weighted by atomic mass is 9.95. The minimum Gasteiger partial charge on any atom is -0.356 e. The number of carbonyl (C=O) groups excluding carboxylic acids is 2. The molecular weight excluding hydrogens is 394 g/mol. The van der Waals surface area contributed by atoms with E-state index in [1.54, 1.807) is 0 Å². The van der Waals surface area contributed by atoms with Crippen molar-refractivity contribution in [3.05, 3.63) is 35.9 Å². The standard InChI is InChI=1S/C24H37N3O2S/c1-20(18-30-19-21-8-3-2-4-9-21)24(29)27-16-10-22(11-17-27)23(28)25-12-7-15-26-13-5-6-14-26/h2-4,8-9,20,22H,5-7,10-19H2,1H3,(H,25,28)/t20-/m0/s1. The topological polar surface area (TPSA) is 52.7 Å². The van der Waals surface area contributed by atoms with Crippen LogP contribution in [-0.2, 0) is 15.3 Å². The first-order chi connectivity index (χ1) is 14.6. The molecule has 0 unspecified atom stereocenters. The van der Waals surface area contributed by atoms with Gasteiger partial charge in [-0.1, -0.05) is 37.3 Å². The molecule has 2 aliphatic heterocycles. The summed E-state index contributed by atoms with van der Waals surface area (Å²) in [6.45, 7) is 7.72. The highest BCUT2D eigenvalue weighted by atomic mass is 32.2. The van der Waals surface area contributed by atoms with Gasteiger partial charge in [0.25, 0.3) is 0 Å². The van der Waals surface area contributed by atoms with Crippen molar-refractivity contribution in [3.8, 4) is 0 Å². The van der Waals surface area contributed by atoms with Crippen molar-refractivity contribution < 1.29 is 9.59 Å². The number of benzene rings is 1. The van der Waals surface area contributed by atoms with Crippen molar-refractivity contribution in [2.45, 2.75) is 44.8 Å². The summed E-state index contributed by atoms with van der Waals surface area (Å²) in [6, 6.07) is 10.4. The maximum Gasteiger partial charge on any atom is 0.226 e. The van der Waals surface area contributed by atoms with Crippen molar-refractivity contribution in [1.29, 1.82) is 0 Å². The number of thioether (sulfide) groups is 1. The minimum absolute atomic E-state index is 0.0228. The lowest BCUT2D eigenvalue weighted by Gasteiger charge is -2.33. The molecule has 0 saturated carbocycles. The van der Waals surface area contributed by atoms with Crippen molar-refractivity contribution in [2.24, 2.45) is 11.8 Å². The third kappa shape index (κ3) is 7.31. The minimum atomic E-state index is 0.0228. The largest absolute Gasteiger partial charge is 0.356 e. The van der Waals surface area contributed by atoms with Gasteiger partial charge in [0.1, 0.15) is 0 Å². The van der Waals surface area contributed by atoms with Crippen molar-refractivity contribution in [3.63, 3.8) is 0 Å². The molecular formula is C24H37N3O2S. The maximum atomic E-state index is 12.8. The normalized spacial score (nSPS) is 19.0. The Labute approximate surface area is 186 Å². The maximum absolute atomic E-state index is 12.8. The molecule has 1 aromatic carbocycles.